The lowest BCUT2D eigenvalue weighted by Crippen LogP contribution is -2.46. The van der Waals surface area contributed by atoms with Gasteiger partial charge in [0.05, 0.1) is 43.4 Å². The number of carbonyl (C=O) groups is 1. The van der Waals surface area contributed by atoms with Crippen LogP contribution in [0.25, 0.3) is 0 Å². The van der Waals surface area contributed by atoms with Crippen LogP contribution in [0.3, 0.4) is 0 Å². The van der Waals surface area contributed by atoms with Crippen molar-refractivity contribution in [1.29, 1.82) is 0 Å². The molecule has 1 fully saturated rings. The summed E-state index contributed by atoms with van der Waals surface area (Å²) < 4.78 is 27.6. The summed E-state index contributed by atoms with van der Waals surface area (Å²) in [7, 11) is -3.13. The monoisotopic (exact) mass is 281 g/mol. The molecule has 0 radical (unpaired) electrons. The van der Waals surface area contributed by atoms with Gasteiger partial charge >= 0.3 is 6.09 Å². The molecule has 1 amide bonds. The molecule has 0 aromatic rings. The number of aliphatic hydroxyl groups is 2. The van der Waals surface area contributed by atoms with Gasteiger partial charge in [-0.2, -0.15) is 0 Å². The van der Waals surface area contributed by atoms with Crippen molar-refractivity contribution in [3.63, 3.8) is 0 Å². The molecular formula is C10H19NO6S. The number of amides is 1. The highest BCUT2D eigenvalue weighted by Gasteiger charge is 2.36. The van der Waals surface area contributed by atoms with E-state index in [1.807, 2.05) is 0 Å². The average Bonchev–Trinajstić information content (AvgIpc) is 2.66. The third-order valence-electron chi connectivity index (χ3n) is 2.77. The van der Waals surface area contributed by atoms with E-state index < -0.39 is 34.7 Å². The SMILES string of the molecule is CCOC(=O)N(CC(O)CO)C1CCS(=O)(=O)C1. The van der Waals surface area contributed by atoms with Crippen molar-refractivity contribution < 1.29 is 28.2 Å². The lowest BCUT2D eigenvalue weighted by atomic mass is 10.2. The minimum atomic E-state index is -3.13. The topological polar surface area (TPSA) is 104 Å². The third-order valence-corrected chi connectivity index (χ3v) is 4.52. The summed E-state index contributed by atoms with van der Waals surface area (Å²) in [6.45, 7) is 1.19. The van der Waals surface area contributed by atoms with Crippen molar-refractivity contribution in [3.05, 3.63) is 0 Å². The molecule has 0 aromatic heterocycles. The number of nitrogens with zero attached hydrogens (tertiary/aromatic N) is 1. The molecule has 2 atom stereocenters. The zero-order valence-corrected chi connectivity index (χ0v) is 11.1. The Balaban J connectivity index is 2.74. The zero-order valence-electron chi connectivity index (χ0n) is 10.3. The summed E-state index contributed by atoms with van der Waals surface area (Å²) >= 11 is 0. The van der Waals surface area contributed by atoms with Gasteiger partial charge in [-0.1, -0.05) is 0 Å². The molecule has 1 rings (SSSR count). The summed E-state index contributed by atoms with van der Waals surface area (Å²) in [6.07, 6.45) is -1.43. The van der Waals surface area contributed by atoms with Gasteiger partial charge in [0.1, 0.15) is 0 Å². The second-order valence-electron chi connectivity index (χ2n) is 4.24. The highest BCUT2D eigenvalue weighted by atomic mass is 32.2. The molecule has 2 unspecified atom stereocenters. The lowest BCUT2D eigenvalue weighted by molar-refractivity contribution is 0.0375. The molecule has 0 spiro atoms. The quantitative estimate of drug-likeness (QED) is 0.669. The normalized spacial score (nSPS) is 23.6. The molecule has 1 saturated heterocycles. The van der Waals surface area contributed by atoms with Crippen LogP contribution in [0, 0.1) is 0 Å². The summed E-state index contributed by atoms with van der Waals surface area (Å²) in [5.74, 6) is -0.0905. The van der Waals surface area contributed by atoms with Gasteiger partial charge in [0.2, 0.25) is 0 Å². The van der Waals surface area contributed by atoms with Gasteiger partial charge in [-0.15, -0.1) is 0 Å². The first-order chi connectivity index (χ1) is 8.39. The standard InChI is InChI=1S/C10H19NO6S/c1-2-17-10(14)11(5-9(13)6-12)8-3-4-18(15,16)7-8/h8-9,12-13H,2-7H2,1H3. The van der Waals surface area contributed by atoms with E-state index in [9.17, 15) is 18.3 Å². The van der Waals surface area contributed by atoms with Gasteiger partial charge < -0.3 is 19.8 Å². The minimum Gasteiger partial charge on any atom is -0.450 e. The van der Waals surface area contributed by atoms with E-state index in [1.54, 1.807) is 6.92 Å². The molecular weight excluding hydrogens is 262 g/mol. The van der Waals surface area contributed by atoms with E-state index in [-0.39, 0.29) is 24.7 Å². The molecule has 7 nitrogen and oxygen atoms in total. The van der Waals surface area contributed by atoms with Gasteiger partial charge in [-0.05, 0) is 13.3 Å². The largest absolute Gasteiger partial charge is 0.450 e. The summed E-state index contributed by atoms with van der Waals surface area (Å²) in [5, 5.41) is 18.2. The number of aliphatic hydroxyl groups excluding tert-OH is 2. The second-order valence-corrected chi connectivity index (χ2v) is 6.47. The fourth-order valence-electron chi connectivity index (χ4n) is 1.89. The number of ether oxygens (including phenoxy) is 1. The van der Waals surface area contributed by atoms with E-state index in [0.29, 0.717) is 6.42 Å². The van der Waals surface area contributed by atoms with Gasteiger partial charge in [0.15, 0.2) is 9.84 Å². The summed E-state index contributed by atoms with van der Waals surface area (Å²) in [5.41, 5.74) is 0. The molecule has 2 N–H and O–H groups in total. The van der Waals surface area contributed by atoms with E-state index >= 15 is 0 Å². The van der Waals surface area contributed by atoms with Crippen LogP contribution in [0.4, 0.5) is 4.79 Å². The van der Waals surface area contributed by atoms with Crippen molar-refractivity contribution in [1.82, 2.24) is 4.90 Å². The fourth-order valence-corrected chi connectivity index (χ4v) is 3.62. The van der Waals surface area contributed by atoms with Gasteiger partial charge in [-0.3, -0.25) is 0 Å². The first kappa shape index (κ1) is 15.2. The molecule has 0 saturated carbocycles. The number of hydrogen-bond acceptors (Lipinski definition) is 6. The first-order valence-corrected chi connectivity index (χ1v) is 7.64. The van der Waals surface area contributed by atoms with E-state index in [1.165, 1.54) is 4.90 Å². The fraction of sp³-hybridized carbons (Fsp3) is 0.900. The van der Waals surface area contributed by atoms with Gasteiger partial charge in [0, 0.05) is 0 Å². The van der Waals surface area contributed by atoms with Crippen molar-refractivity contribution in [3.8, 4) is 0 Å². The van der Waals surface area contributed by atoms with Crippen LogP contribution in [0.5, 0.6) is 0 Å². The molecule has 106 valence electrons. The number of sulfone groups is 1. The Labute approximate surface area is 106 Å². The molecule has 0 aromatic carbocycles. The summed E-state index contributed by atoms with van der Waals surface area (Å²) in [4.78, 5) is 12.9. The number of rotatable bonds is 5. The average molecular weight is 281 g/mol. The Morgan fingerprint density at radius 3 is 2.67 bits per heavy atom. The highest BCUT2D eigenvalue weighted by Crippen LogP contribution is 2.19. The predicted molar refractivity (Wildman–Crippen MR) is 63.9 cm³/mol. The van der Waals surface area contributed by atoms with E-state index in [0.717, 1.165) is 0 Å². The van der Waals surface area contributed by atoms with E-state index in [4.69, 9.17) is 9.84 Å². The maximum atomic E-state index is 11.7. The highest BCUT2D eigenvalue weighted by molar-refractivity contribution is 7.91. The Kier molecular flexibility index (Phi) is 5.36. The third kappa shape index (κ3) is 4.11. The first-order valence-electron chi connectivity index (χ1n) is 5.82. The molecule has 1 heterocycles. The lowest BCUT2D eigenvalue weighted by Gasteiger charge is -2.28. The smallest absolute Gasteiger partial charge is 0.410 e. The molecule has 1 aliphatic heterocycles. The molecule has 8 heteroatoms. The Bertz CT molecular complexity index is 382. The van der Waals surface area contributed by atoms with Crippen LogP contribution in [0.15, 0.2) is 0 Å². The molecule has 18 heavy (non-hydrogen) atoms. The minimum absolute atomic E-state index is 0.0305. The van der Waals surface area contributed by atoms with Crippen molar-refractivity contribution in [2.24, 2.45) is 0 Å². The Morgan fingerprint density at radius 2 is 2.22 bits per heavy atom. The van der Waals surface area contributed by atoms with Crippen molar-refractivity contribution >= 4 is 15.9 Å². The van der Waals surface area contributed by atoms with Crippen LogP contribution >= 0.6 is 0 Å². The van der Waals surface area contributed by atoms with Crippen molar-refractivity contribution in [2.75, 3.05) is 31.3 Å². The van der Waals surface area contributed by atoms with Crippen LogP contribution < -0.4 is 0 Å². The predicted octanol–water partition coefficient (Wildman–Crippen LogP) is -1.01. The van der Waals surface area contributed by atoms with Crippen molar-refractivity contribution in [2.45, 2.75) is 25.5 Å². The number of hydrogen-bond donors (Lipinski definition) is 2. The molecule has 0 aliphatic carbocycles. The maximum absolute atomic E-state index is 11.7. The Morgan fingerprint density at radius 1 is 1.56 bits per heavy atom. The molecule has 0 bridgehead atoms. The Hall–Kier alpha value is -0.860. The zero-order chi connectivity index (χ0) is 13.8. The van der Waals surface area contributed by atoms with Crippen LogP contribution in [-0.2, 0) is 14.6 Å². The van der Waals surface area contributed by atoms with E-state index in [2.05, 4.69) is 0 Å². The van der Waals surface area contributed by atoms with Crippen LogP contribution in [0.1, 0.15) is 13.3 Å². The van der Waals surface area contributed by atoms with Crippen LogP contribution in [0.2, 0.25) is 0 Å². The summed E-state index contributed by atoms with van der Waals surface area (Å²) in [6, 6.07) is -0.491. The van der Waals surface area contributed by atoms with Crippen LogP contribution in [-0.4, -0.2) is 73.0 Å². The number of carbonyl (C=O) groups excluding carboxylic acids is 1. The van der Waals surface area contributed by atoms with Gasteiger partial charge in [0.25, 0.3) is 0 Å². The van der Waals surface area contributed by atoms with Gasteiger partial charge in [-0.25, -0.2) is 13.2 Å². The molecule has 1 aliphatic rings. The maximum Gasteiger partial charge on any atom is 0.410 e. The second kappa shape index (κ2) is 6.35.